The molecule has 0 heterocycles. The van der Waals surface area contributed by atoms with Gasteiger partial charge in [0.1, 0.15) is 6.04 Å². The zero-order chi connectivity index (χ0) is 8.15. The fourth-order valence-electron chi connectivity index (χ4n) is 0.405. The van der Waals surface area contributed by atoms with E-state index in [1.165, 1.54) is 0 Å². The van der Waals surface area contributed by atoms with Crippen molar-refractivity contribution in [1.29, 1.82) is 0 Å². The normalized spacial score (nSPS) is 12.8. The third-order valence-corrected chi connectivity index (χ3v) is 0.967. The lowest BCUT2D eigenvalue weighted by molar-refractivity contribution is -0.148. The van der Waals surface area contributed by atoms with E-state index in [1.54, 1.807) is 20.8 Å². The summed E-state index contributed by atoms with van der Waals surface area (Å²) in [6.07, 6.45) is -0.0725. The van der Waals surface area contributed by atoms with Crippen LogP contribution in [-0.4, -0.2) is 24.8 Å². The minimum Gasteiger partial charge on any atom is -0.461 e. The van der Waals surface area contributed by atoms with Gasteiger partial charge in [-0.25, -0.2) is 4.79 Å². The van der Waals surface area contributed by atoms with E-state index >= 15 is 0 Å². The maximum Gasteiger partial charge on any atom is 0.330 e. The predicted molar refractivity (Wildman–Crippen MR) is 40.2 cm³/mol. The molecule has 0 spiro atoms. The molecule has 0 radical (unpaired) electrons. The summed E-state index contributed by atoms with van der Waals surface area (Å²) in [5.41, 5.74) is 0. The monoisotopic (exact) mass is 143 g/mol. The molecule has 0 aromatic carbocycles. The smallest absolute Gasteiger partial charge is 0.330 e. The molecule has 0 saturated carbocycles. The van der Waals surface area contributed by atoms with E-state index in [0.29, 0.717) is 0 Å². The molecule has 10 heavy (non-hydrogen) atoms. The van der Waals surface area contributed by atoms with Crippen LogP contribution < -0.4 is 0 Å². The highest BCUT2D eigenvalue weighted by Crippen LogP contribution is 1.96. The molecule has 0 aromatic rings. The molecule has 58 valence electrons. The van der Waals surface area contributed by atoms with Crippen molar-refractivity contribution >= 4 is 12.7 Å². The van der Waals surface area contributed by atoms with Gasteiger partial charge in [0.25, 0.3) is 0 Å². The summed E-state index contributed by atoms with van der Waals surface area (Å²) in [6, 6.07) is -0.442. The number of aliphatic imine (C=N–C) groups is 1. The van der Waals surface area contributed by atoms with Gasteiger partial charge in [-0.3, -0.25) is 4.99 Å². The van der Waals surface area contributed by atoms with Gasteiger partial charge in [0, 0.05) is 0 Å². The van der Waals surface area contributed by atoms with Crippen LogP contribution in [0.3, 0.4) is 0 Å². The fraction of sp³-hybridized carbons (Fsp3) is 0.714. The molecule has 0 saturated heterocycles. The van der Waals surface area contributed by atoms with Crippen molar-refractivity contribution in [2.24, 2.45) is 4.99 Å². The van der Waals surface area contributed by atoms with Crippen LogP contribution in [0.1, 0.15) is 20.8 Å². The summed E-state index contributed by atoms with van der Waals surface area (Å²) >= 11 is 0. The zero-order valence-electron chi connectivity index (χ0n) is 6.63. The SMILES string of the molecule is C=N[C@@H](C)C(=O)OC(C)C. The van der Waals surface area contributed by atoms with Gasteiger partial charge in [-0.05, 0) is 27.5 Å². The van der Waals surface area contributed by atoms with E-state index in [0.717, 1.165) is 0 Å². The van der Waals surface area contributed by atoms with Crippen LogP contribution in [0.15, 0.2) is 4.99 Å². The number of carbonyl (C=O) groups excluding carboxylic acids is 1. The zero-order valence-corrected chi connectivity index (χ0v) is 6.63. The number of hydrogen-bond acceptors (Lipinski definition) is 3. The van der Waals surface area contributed by atoms with Gasteiger partial charge >= 0.3 is 5.97 Å². The quantitative estimate of drug-likeness (QED) is 0.437. The van der Waals surface area contributed by atoms with Crippen molar-refractivity contribution in [3.05, 3.63) is 0 Å². The molecule has 0 amide bonds. The second kappa shape index (κ2) is 4.04. The summed E-state index contributed by atoms with van der Waals surface area (Å²) < 4.78 is 4.83. The van der Waals surface area contributed by atoms with E-state index in [4.69, 9.17) is 4.74 Å². The van der Waals surface area contributed by atoms with Gasteiger partial charge in [0.05, 0.1) is 6.10 Å². The first-order valence-electron chi connectivity index (χ1n) is 3.24. The molecule has 0 aromatic heterocycles. The Kier molecular flexibility index (Phi) is 3.69. The van der Waals surface area contributed by atoms with Crippen LogP contribution >= 0.6 is 0 Å². The molecule has 0 aliphatic carbocycles. The topological polar surface area (TPSA) is 38.7 Å². The Morgan fingerprint density at radius 2 is 2.00 bits per heavy atom. The van der Waals surface area contributed by atoms with Crippen molar-refractivity contribution in [2.45, 2.75) is 32.9 Å². The Balaban J connectivity index is 3.73. The van der Waals surface area contributed by atoms with Crippen LogP contribution in [0.25, 0.3) is 0 Å². The summed E-state index contributed by atoms with van der Waals surface area (Å²) in [4.78, 5) is 14.3. The number of esters is 1. The Morgan fingerprint density at radius 3 is 2.30 bits per heavy atom. The minimum atomic E-state index is -0.442. The van der Waals surface area contributed by atoms with Crippen LogP contribution in [0, 0.1) is 0 Å². The Bertz CT molecular complexity index is 132. The van der Waals surface area contributed by atoms with Crippen molar-refractivity contribution < 1.29 is 9.53 Å². The third kappa shape index (κ3) is 3.22. The molecule has 3 nitrogen and oxygen atoms in total. The van der Waals surface area contributed by atoms with Gasteiger partial charge in [-0.1, -0.05) is 0 Å². The number of hydrogen-bond donors (Lipinski definition) is 0. The van der Waals surface area contributed by atoms with Gasteiger partial charge in [0.2, 0.25) is 0 Å². The highest BCUT2D eigenvalue weighted by molar-refractivity contribution is 5.76. The van der Waals surface area contributed by atoms with E-state index in [2.05, 4.69) is 11.7 Å². The van der Waals surface area contributed by atoms with E-state index < -0.39 is 6.04 Å². The Hall–Kier alpha value is -0.860. The van der Waals surface area contributed by atoms with Gasteiger partial charge in [-0.2, -0.15) is 0 Å². The number of ether oxygens (including phenoxy) is 1. The lowest BCUT2D eigenvalue weighted by Gasteiger charge is -2.09. The minimum absolute atomic E-state index is 0.0725. The first-order valence-corrected chi connectivity index (χ1v) is 3.24. The van der Waals surface area contributed by atoms with Crippen LogP contribution in [0.2, 0.25) is 0 Å². The molecular formula is C7H13NO2. The van der Waals surface area contributed by atoms with Crippen LogP contribution in [0.5, 0.6) is 0 Å². The molecule has 0 rings (SSSR count). The number of carbonyl (C=O) groups is 1. The van der Waals surface area contributed by atoms with Crippen LogP contribution in [0.4, 0.5) is 0 Å². The second-order valence-electron chi connectivity index (χ2n) is 2.34. The summed E-state index contributed by atoms with van der Waals surface area (Å²) in [6.45, 7) is 8.49. The fourth-order valence-corrected chi connectivity index (χ4v) is 0.405. The average molecular weight is 143 g/mol. The average Bonchev–Trinajstić information content (AvgIpc) is 1.85. The highest BCUT2D eigenvalue weighted by Gasteiger charge is 2.12. The lowest BCUT2D eigenvalue weighted by Crippen LogP contribution is -2.21. The van der Waals surface area contributed by atoms with Crippen molar-refractivity contribution in [3.63, 3.8) is 0 Å². The molecule has 0 bridgehead atoms. The molecule has 0 fully saturated rings. The molecule has 0 N–H and O–H groups in total. The maximum absolute atomic E-state index is 10.8. The summed E-state index contributed by atoms with van der Waals surface area (Å²) in [7, 11) is 0. The third-order valence-electron chi connectivity index (χ3n) is 0.967. The lowest BCUT2D eigenvalue weighted by atomic mass is 10.3. The van der Waals surface area contributed by atoms with E-state index in [1.807, 2.05) is 0 Å². The number of rotatable bonds is 3. The van der Waals surface area contributed by atoms with E-state index in [9.17, 15) is 4.79 Å². The van der Waals surface area contributed by atoms with Crippen molar-refractivity contribution in [2.75, 3.05) is 0 Å². The van der Waals surface area contributed by atoms with Crippen LogP contribution in [-0.2, 0) is 9.53 Å². The maximum atomic E-state index is 10.8. The van der Waals surface area contributed by atoms with Gasteiger partial charge < -0.3 is 4.74 Å². The van der Waals surface area contributed by atoms with Gasteiger partial charge in [0.15, 0.2) is 0 Å². The summed E-state index contributed by atoms with van der Waals surface area (Å²) in [5.74, 6) is -0.315. The van der Waals surface area contributed by atoms with E-state index in [-0.39, 0.29) is 12.1 Å². The Labute approximate surface area is 61.1 Å². The highest BCUT2D eigenvalue weighted by atomic mass is 16.5. The Morgan fingerprint density at radius 1 is 1.50 bits per heavy atom. The molecule has 3 heteroatoms. The molecule has 0 unspecified atom stereocenters. The molecule has 1 atom stereocenters. The molecule has 0 aliphatic rings. The number of nitrogens with zero attached hydrogens (tertiary/aromatic N) is 1. The van der Waals surface area contributed by atoms with Crippen molar-refractivity contribution in [1.82, 2.24) is 0 Å². The predicted octanol–water partition coefficient (Wildman–Crippen LogP) is 1.03. The second-order valence-corrected chi connectivity index (χ2v) is 2.34. The van der Waals surface area contributed by atoms with Crippen molar-refractivity contribution in [3.8, 4) is 0 Å². The first kappa shape index (κ1) is 9.14. The first-order chi connectivity index (χ1) is 4.57. The summed E-state index contributed by atoms with van der Waals surface area (Å²) in [5, 5.41) is 0. The standard InChI is InChI=1S/C7H13NO2/c1-5(2)10-7(9)6(3)8-4/h5-6H,4H2,1-3H3/t6-/m0/s1. The molecular weight excluding hydrogens is 130 g/mol. The largest absolute Gasteiger partial charge is 0.461 e. The van der Waals surface area contributed by atoms with Gasteiger partial charge in [-0.15, -0.1) is 0 Å². The molecule has 0 aliphatic heterocycles.